The second-order valence-corrected chi connectivity index (χ2v) is 4.98. The summed E-state index contributed by atoms with van der Waals surface area (Å²) in [6.45, 7) is 2.22. The SMILES string of the molecule is CN1CC[C@@H](CC(=O)CCc2ccccn2)C1. The Morgan fingerprint density at radius 1 is 1.53 bits per heavy atom. The maximum atomic E-state index is 11.8. The number of likely N-dealkylation sites (tertiary alicyclic amines) is 1. The Morgan fingerprint density at radius 3 is 3.06 bits per heavy atom. The van der Waals surface area contributed by atoms with Gasteiger partial charge in [-0.3, -0.25) is 9.78 Å². The number of nitrogens with zero attached hydrogens (tertiary/aromatic N) is 2. The molecular weight excluding hydrogens is 212 g/mol. The molecule has 0 spiro atoms. The van der Waals surface area contributed by atoms with E-state index in [0.29, 0.717) is 18.1 Å². The summed E-state index contributed by atoms with van der Waals surface area (Å²) in [7, 11) is 2.12. The molecule has 1 aromatic heterocycles. The highest BCUT2D eigenvalue weighted by molar-refractivity contribution is 5.78. The third kappa shape index (κ3) is 3.93. The molecule has 0 N–H and O–H groups in total. The molecule has 2 rings (SSSR count). The molecule has 92 valence electrons. The van der Waals surface area contributed by atoms with Gasteiger partial charge in [-0.25, -0.2) is 0 Å². The van der Waals surface area contributed by atoms with Crippen LogP contribution in [0.25, 0.3) is 0 Å². The van der Waals surface area contributed by atoms with Gasteiger partial charge in [0, 0.05) is 31.3 Å². The molecule has 3 nitrogen and oxygen atoms in total. The Bertz CT molecular complexity index is 364. The fraction of sp³-hybridized carbons (Fsp3) is 0.571. The summed E-state index contributed by atoms with van der Waals surface area (Å²) >= 11 is 0. The van der Waals surface area contributed by atoms with E-state index >= 15 is 0 Å². The highest BCUT2D eigenvalue weighted by atomic mass is 16.1. The van der Waals surface area contributed by atoms with Crippen LogP contribution in [0.15, 0.2) is 24.4 Å². The van der Waals surface area contributed by atoms with E-state index in [2.05, 4.69) is 16.9 Å². The average Bonchev–Trinajstić information content (AvgIpc) is 2.73. The van der Waals surface area contributed by atoms with Gasteiger partial charge in [-0.05, 0) is 44.5 Å². The predicted molar refractivity (Wildman–Crippen MR) is 67.8 cm³/mol. The zero-order valence-electron chi connectivity index (χ0n) is 10.4. The molecule has 0 amide bonds. The molecule has 0 saturated carbocycles. The molecule has 1 aliphatic rings. The summed E-state index contributed by atoms with van der Waals surface area (Å²) < 4.78 is 0. The molecule has 17 heavy (non-hydrogen) atoms. The normalized spacial score (nSPS) is 20.6. The van der Waals surface area contributed by atoms with E-state index < -0.39 is 0 Å². The Morgan fingerprint density at radius 2 is 2.41 bits per heavy atom. The van der Waals surface area contributed by atoms with Gasteiger partial charge < -0.3 is 4.90 Å². The minimum atomic E-state index is 0.385. The zero-order chi connectivity index (χ0) is 12.1. The summed E-state index contributed by atoms with van der Waals surface area (Å²) in [4.78, 5) is 18.4. The molecule has 1 aliphatic heterocycles. The Kier molecular flexibility index (Phi) is 4.26. The first-order chi connectivity index (χ1) is 8.24. The van der Waals surface area contributed by atoms with Crippen molar-refractivity contribution in [2.75, 3.05) is 20.1 Å². The summed E-state index contributed by atoms with van der Waals surface area (Å²) in [6, 6.07) is 5.86. The molecule has 0 aliphatic carbocycles. The van der Waals surface area contributed by atoms with E-state index in [0.717, 1.165) is 31.6 Å². The van der Waals surface area contributed by atoms with Gasteiger partial charge in [0.2, 0.25) is 0 Å². The number of aryl methyl sites for hydroxylation is 1. The van der Waals surface area contributed by atoms with Crippen LogP contribution in [0.5, 0.6) is 0 Å². The monoisotopic (exact) mass is 232 g/mol. The molecule has 0 radical (unpaired) electrons. The molecule has 1 fully saturated rings. The maximum absolute atomic E-state index is 11.8. The van der Waals surface area contributed by atoms with E-state index in [1.54, 1.807) is 6.20 Å². The van der Waals surface area contributed by atoms with Gasteiger partial charge in [-0.1, -0.05) is 6.07 Å². The van der Waals surface area contributed by atoms with Crippen molar-refractivity contribution < 1.29 is 4.79 Å². The lowest BCUT2D eigenvalue weighted by Crippen LogP contribution is -2.16. The molecule has 0 aromatic carbocycles. The van der Waals surface area contributed by atoms with E-state index in [-0.39, 0.29) is 0 Å². The number of Topliss-reactive ketones (excluding diaryl/α,β-unsaturated/α-hetero) is 1. The molecule has 0 bridgehead atoms. The summed E-state index contributed by atoms with van der Waals surface area (Å²) in [5.74, 6) is 0.965. The van der Waals surface area contributed by atoms with Crippen LogP contribution in [0.2, 0.25) is 0 Å². The van der Waals surface area contributed by atoms with Crippen molar-refractivity contribution in [2.24, 2.45) is 5.92 Å². The average molecular weight is 232 g/mol. The van der Waals surface area contributed by atoms with Gasteiger partial charge in [-0.15, -0.1) is 0 Å². The minimum absolute atomic E-state index is 0.385. The van der Waals surface area contributed by atoms with E-state index in [4.69, 9.17) is 0 Å². The van der Waals surface area contributed by atoms with Crippen molar-refractivity contribution in [1.82, 2.24) is 9.88 Å². The summed E-state index contributed by atoms with van der Waals surface area (Å²) in [5, 5.41) is 0. The third-order valence-electron chi connectivity index (χ3n) is 3.39. The molecule has 2 heterocycles. The fourth-order valence-corrected chi connectivity index (χ4v) is 2.43. The Balaban J connectivity index is 1.71. The van der Waals surface area contributed by atoms with Crippen molar-refractivity contribution >= 4 is 5.78 Å². The number of carbonyl (C=O) groups excluding carboxylic acids is 1. The second-order valence-electron chi connectivity index (χ2n) is 4.98. The first-order valence-corrected chi connectivity index (χ1v) is 6.34. The van der Waals surface area contributed by atoms with Crippen LogP contribution in [0.3, 0.4) is 0 Å². The lowest BCUT2D eigenvalue weighted by molar-refractivity contribution is -0.119. The standard InChI is InChI=1S/C14H20N2O/c1-16-9-7-12(11-16)10-14(17)6-5-13-4-2-3-8-15-13/h2-4,8,12H,5-7,9-11H2,1H3/t12-/m0/s1. The van der Waals surface area contributed by atoms with Crippen LogP contribution in [0.4, 0.5) is 0 Å². The van der Waals surface area contributed by atoms with Crippen molar-refractivity contribution in [3.8, 4) is 0 Å². The van der Waals surface area contributed by atoms with Crippen LogP contribution in [-0.4, -0.2) is 35.8 Å². The molecule has 3 heteroatoms. The smallest absolute Gasteiger partial charge is 0.133 e. The van der Waals surface area contributed by atoms with Crippen LogP contribution in [0, 0.1) is 5.92 Å². The zero-order valence-corrected chi connectivity index (χ0v) is 10.4. The van der Waals surface area contributed by atoms with E-state index in [1.807, 2.05) is 18.2 Å². The number of hydrogen-bond donors (Lipinski definition) is 0. The number of carbonyl (C=O) groups is 1. The molecule has 1 atom stereocenters. The largest absolute Gasteiger partial charge is 0.306 e. The van der Waals surface area contributed by atoms with Crippen LogP contribution in [0.1, 0.15) is 25.0 Å². The van der Waals surface area contributed by atoms with Gasteiger partial charge >= 0.3 is 0 Å². The number of aromatic nitrogens is 1. The quantitative estimate of drug-likeness (QED) is 0.777. The number of pyridine rings is 1. The predicted octanol–water partition coefficient (Wildman–Crippen LogP) is 1.93. The van der Waals surface area contributed by atoms with Gasteiger partial charge in [0.1, 0.15) is 5.78 Å². The lowest BCUT2D eigenvalue weighted by atomic mass is 9.99. The van der Waals surface area contributed by atoms with Gasteiger partial charge in [0.05, 0.1) is 0 Å². The van der Waals surface area contributed by atoms with Gasteiger partial charge in [0.15, 0.2) is 0 Å². The van der Waals surface area contributed by atoms with Gasteiger partial charge in [-0.2, -0.15) is 0 Å². The Labute approximate surface area is 103 Å². The van der Waals surface area contributed by atoms with Crippen LogP contribution < -0.4 is 0 Å². The Hall–Kier alpha value is -1.22. The summed E-state index contributed by atoms with van der Waals surface area (Å²) in [5.41, 5.74) is 1.02. The maximum Gasteiger partial charge on any atom is 0.133 e. The molecular formula is C14H20N2O. The van der Waals surface area contributed by atoms with Crippen molar-refractivity contribution in [3.05, 3.63) is 30.1 Å². The number of hydrogen-bond acceptors (Lipinski definition) is 3. The van der Waals surface area contributed by atoms with Crippen molar-refractivity contribution in [3.63, 3.8) is 0 Å². The lowest BCUT2D eigenvalue weighted by Gasteiger charge is -2.09. The molecule has 1 aromatic rings. The third-order valence-corrected chi connectivity index (χ3v) is 3.39. The van der Waals surface area contributed by atoms with Gasteiger partial charge in [0.25, 0.3) is 0 Å². The highest BCUT2D eigenvalue weighted by Crippen LogP contribution is 2.19. The fourth-order valence-electron chi connectivity index (χ4n) is 2.43. The molecule has 1 saturated heterocycles. The van der Waals surface area contributed by atoms with Crippen molar-refractivity contribution in [1.29, 1.82) is 0 Å². The second kappa shape index (κ2) is 5.92. The first-order valence-electron chi connectivity index (χ1n) is 6.34. The first kappa shape index (κ1) is 12.2. The number of rotatable bonds is 5. The van der Waals surface area contributed by atoms with Crippen LogP contribution >= 0.6 is 0 Å². The van der Waals surface area contributed by atoms with Crippen molar-refractivity contribution in [2.45, 2.75) is 25.7 Å². The number of ketones is 1. The summed E-state index contributed by atoms with van der Waals surface area (Å²) in [6.07, 6.45) is 5.12. The highest BCUT2D eigenvalue weighted by Gasteiger charge is 2.21. The topological polar surface area (TPSA) is 33.2 Å². The molecule has 0 unspecified atom stereocenters. The minimum Gasteiger partial charge on any atom is -0.306 e. The van der Waals surface area contributed by atoms with Crippen LogP contribution in [-0.2, 0) is 11.2 Å². The van der Waals surface area contributed by atoms with E-state index in [1.165, 1.54) is 6.42 Å². The van der Waals surface area contributed by atoms with E-state index in [9.17, 15) is 4.79 Å².